The third-order valence-corrected chi connectivity index (χ3v) is 6.60. The van der Waals surface area contributed by atoms with Gasteiger partial charge in [0.1, 0.15) is 17.1 Å². The summed E-state index contributed by atoms with van der Waals surface area (Å²) in [4.78, 5) is 2.27. The lowest BCUT2D eigenvalue weighted by molar-refractivity contribution is -0.0588. The molecule has 3 aromatic rings. The molecule has 0 aliphatic carbocycles. The Hall–Kier alpha value is -2.60. The second-order valence-corrected chi connectivity index (χ2v) is 8.65. The maximum atomic E-state index is 10.8. The van der Waals surface area contributed by atoms with Crippen molar-refractivity contribution in [3.8, 4) is 11.5 Å². The van der Waals surface area contributed by atoms with Crippen LogP contribution in [0.3, 0.4) is 0 Å². The summed E-state index contributed by atoms with van der Waals surface area (Å²) in [6.45, 7) is 2.21. The maximum absolute atomic E-state index is 10.8. The molecular formula is C25H27NO4. The number of hydrogen-bond acceptors (Lipinski definition) is 5. The summed E-state index contributed by atoms with van der Waals surface area (Å²) in [5.41, 5.74) is 1.22. The molecule has 0 radical (unpaired) electrons. The van der Waals surface area contributed by atoms with E-state index < -0.39 is 12.2 Å². The number of rotatable bonds is 3. The summed E-state index contributed by atoms with van der Waals surface area (Å²) in [6, 6.07) is 19.2. The first-order chi connectivity index (χ1) is 14.5. The van der Waals surface area contributed by atoms with E-state index in [2.05, 4.69) is 29.2 Å². The van der Waals surface area contributed by atoms with Crippen molar-refractivity contribution in [3.05, 3.63) is 71.8 Å². The molecule has 5 nitrogen and oxygen atoms in total. The van der Waals surface area contributed by atoms with Gasteiger partial charge in [0.2, 0.25) is 0 Å². The zero-order valence-corrected chi connectivity index (χ0v) is 16.9. The van der Waals surface area contributed by atoms with Gasteiger partial charge in [-0.05, 0) is 53.4 Å². The lowest BCUT2D eigenvalue weighted by Gasteiger charge is -2.46. The van der Waals surface area contributed by atoms with Crippen molar-refractivity contribution in [2.45, 2.75) is 37.1 Å². The third kappa shape index (κ3) is 3.65. The molecule has 2 aliphatic heterocycles. The number of benzene rings is 3. The van der Waals surface area contributed by atoms with Gasteiger partial charge in [0.15, 0.2) is 0 Å². The van der Waals surface area contributed by atoms with Crippen molar-refractivity contribution in [2.24, 2.45) is 0 Å². The summed E-state index contributed by atoms with van der Waals surface area (Å²) in [5.74, 6) is 0.807. The van der Waals surface area contributed by atoms with Crippen LogP contribution in [0.4, 0.5) is 0 Å². The van der Waals surface area contributed by atoms with Gasteiger partial charge < -0.3 is 25.0 Å². The fraction of sp³-hybridized carbons (Fsp3) is 0.360. The van der Waals surface area contributed by atoms with Crippen LogP contribution >= 0.6 is 0 Å². The molecule has 0 bridgehead atoms. The molecule has 5 rings (SSSR count). The Bertz CT molecular complexity index is 1060. The SMILES string of the molecule is Oc1ccc2c(c1)[C@@H](O)CC1(CCN(C[C@@H](O)c3ccc4ccccc4c3)CC1)O2. The van der Waals surface area contributed by atoms with Gasteiger partial charge in [-0.1, -0.05) is 36.4 Å². The van der Waals surface area contributed by atoms with Gasteiger partial charge in [-0.2, -0.15) is 0 Å². The van der Waals surface area contributed by atoms with Crippen LogP contribution < -0.4 is 4.74 Å². The van der Waals surface area contributed by atoms with Gasteiger partial charge in [0.25, 0.3) is 0 Å². The lowest BCUT2D eigenvalue weighted by Crippen LogP contribution is -2.51. The Morgan fingerprint density at radius 3 is 2.57 bits per heavy atom. The molecule has 1 spiro atoms. The number of phenols is 1. The summed E-state index contributed by atoms with van der Waals surface area (Å²) in [6.07, 6.45) is 0.967. The van der Waals surface area contributed by atoms with Gasteiger partial charge in [0, 0.05) is 31.6 Å². The second-order valence-electron chi connectivity index (χ2n) is 8.65. The smallest absolute Gasteiger partial charge is 0.126 e. The number of hydrogen-bond donors (Lipinski definition) is 3. The molecule has 2 atom stereocenters. The van der Waals surface area contributed by atoms with Crippen molar-refractivity contribution < 1.29 is 20.1 Å². The van der Waals surface area contributed by atoms with Crippen molar-refractivity contribution in [1.82, 2.24) is 4.90 Å². The first kappa shape index (κ1) is 19.4. The molecule has 3 aromatic carbocycles. The Morgan fingerprint density at radius 2 is 1.77 bits per heavy atom. The van der Waals surface area contributed by atoms with Gasteiger partial charge >= 0.3 is 0 Å². The van der Waals surface area contributed by atoms with E-state index in [1.165, 1.54) is 5.39 Å². The predicted molar refractivity (Wildman–Crippen MR) is 116 cm³/mol. The van der Waals surface area contributed by atoms with E-state index in [4.69, 9.17) is 4.74 Å². The van der Waals surface area contributed by atoms with Crippen LogP contribution in [0.25, 0.3) is 10.8 Å². The van der Waals surface area contributed by atoms with Crippen LogP contribution in [-0.2, 0) is 0 Å². The number of fused-ring (bicyclic) bond motifs is 2. The molecule has 2 aliphatic rings. The molecule has 1 fully saturated rings. The molecule has 0 unspecified atom stereocenters. The van der Waals surface area contributed by atoms with Crippen LogP contribution in [-0.4, -0.2) is 45.5 Å². The zero-order valence-electron chi connectivity index (χ0n) is 16.9. The topological polar surface area (TPSA) is 73.2 Å². The van der Waals surface area contributed by atoms with Gasteiger partial charge in [-0.25, -0.2) is 0 Å². The molecule has 0 amide bonds. The van der Waals surface area contributed by atoms with Crippen LogP contribution in [0.2, 0.25) is 0 Å². The monoisotopic (exact) mass is 405 g/mol. The number of aromatic hydroxyl groups is 1. The van der Waals surface area contributed by atoms with E-state index in [0.717, 1.165) is 36.9 Å². The highest BCUT2D eigenvalue weighted by Gasteiger charge is 2.43. The Labute approximate surface area is 176 Å². The van der Waals surface area contributed by atoms with Crippen molar-refractivity contribution in [1.29, 1.82) is 0 Å². The quantitative estimate of drug-likeness (QED) is 0.616. The van der Waals surface area contributed by atoms with Crippen LogP contribution in [0.15, 0.2) is 60.7 Å². The zero-order chi connectivity index (χ0) is 20.7. The highest BCUT2D eigenvalue weighted by atomic mass is 16.5. The normalized spacial score (nSPS) is 21.9. The minimum Gasteiger partial charge on any atom is -0.508 e. The summed E-state index contributed by atoms with van der Waals surface area (Å²) in [7, 11) is 0. The number of nitrogens with zero attached hydrogens (tertiary/aromatic N) is 1. The highest BCUT2D eigenvalue weighted by molar-refractivity contribution is 5.83. The van der Waals surface area contributed by atoms with Crippen LogP contribution in [0.5, 0.6) is 11.5 Å². The third-order valence-electron chi connectivity index (χ3n) is 6.60. The molecule has 0 aromatic heterocycles. The first-order valence-corrected chi connectivity index (χ1v) is 10.6. The number of phenolic OH excluding ortho intramolecular Hbond substituents is 1. The minimum atomic E-state index is -0.629. The Kier molecular flexibility index (Phi) is 4.89. The fourth-order valence-electron chi connectivity index (χ4n) is 4.84. The summed E-state index contributed by atoms with van der Waals surface area (Å²) >= 11 is 0. The number of ether oxygens (including phenoxy) is 1. The number of likely N-dealkylation sites (tertiary alicyclic amines) is 1. The van der Waals surface area contributed by atoms with Crippen molar-refractivity contribution >= 4 is 10.8 Å². The van der Waals surface area contributed by atoms with E-state index in [9.17, 15) is 15.3 Å². The molecule has 5 heteroatoms. The van der Waals surface area contributed by atoms with E-state index in [-0.39, 0.29) is 11.4 Å². The van der Waals surface area contributed by atoms with Gasteiger partial charge in [-0.15, -0.1) is 0 Å². The Morgan fingerprint density at radius 1 is 1.00 bits per heavy atom. The molecule has 2 heterocycles. The maximum Gasteiger partial charge on any atom is 0.126 e. The summed E-state index contributed by atoms with van der Waals surface area (Å²) in [5, 5.41) is 33.4. The number of aliphatic hydroxyl groups is 2. The number of piperidine rings is 1. The highest BCUT2D eigenvalue weighted by Crippen LogP contribution is 2.45. The fourth-order valence-corrected chi connectivity index (χ4v) is 4.84. The van der Waals surface area contributed by atoms with Crippen molar-refractivity contribution in [3.63, 3.8) is 0 Å². The summed E-state index contributed by atoms with van der Waals surface area (Å²) < 4.78 is 6.31. The average molecular weight is 405 g/mol. The van der Waals surface area contributed by atoms with E-state index >= 15 is 0 Å². The molecular weight excluding hydrogens is 378 g/mol. The van der Waals surface area contributed by atoms with Gasteiger partial charge in [0.05, 0.1) is 12.2 Å². The Balaban J connectivity index is 1.24. The molecule has 1 saturated heterocycles. The van der Waals surface area contributed by atoms with Gasteiger partial charge in [-0.3, -0.25) is 0 Å². The number of β-amino-alcohol motifs (C(OH)–C–C–N with tert-alkyl or cyclic N) is 1. The van der Waals surface area contributed by atoms with E-state index in [1.54, 1.807) is 18.2 Å². The lowest BCUT2D eigenvalue weighted by atomic mass is 9.81. The van der Waals surface area contributed by atoms with E-state index in [0.29, 0.717) is 24.3 Å². The average Bonchev–Trinajstić information content (AvgIpc) is 2.76. The first-order valence-electron chi connectivity index (χ1n) is 10.6. The second kappa shape index (κ2) is 7.58. The minimum absolute atomic E-state index is 0.143. The molecule has 30 heavy (non-hydrogen) atoms. The standard InChI is InChI=1S/C25H27NO4/c27-20-7-8-24-21(14-20)22(28)15-25(30-24)9-11-26(12-10-25)16-23(29)19-6-5-17-3-1-2-4-18(17)13-19/h1-8,13-14,22-23,27-29H,9-12,15-16H2/t22-,23+/m0/s1. The predicted octanol–water partition coefficient (Wildman–Crippen LogP) is 3.93. The largest absolute Gasteiger partial charge is 0.508 e. The molecule has 0 saturated carbocycles. The molecule has 3 N–H and O–H groups in total. The molecule has 156 valence electrons. The van der Waals surface area contributed by atoms with Crippen LogP contribution in [0, 0.1) is 0 Å². The number of aliphatic hydroxyl groups excluding tert-OH is 2. The van der Waals surface area contributed by atoms with Crippen molar-refractivity contribution in [2.75, 3.05) is 19.6 Å². The van der Waals surface area contributed by atoms with E-state index in [1.807, 2.05) is 18.2 Å². The van der Waals surface area contributed by atoms with Crippen LogP contribution in [0.1, 0.15) is 42.6 Å².